The molecule has 3 nitrogen and oxygen atoms in total. The molecule has 0 amide bonds. The third-order valence-corrected chi connectivity index (χ3v) is 5.24. The zero-order valence-electron chi connectivity index (χ0n) is 12.8. The monoisotopic (exact) mass is 273 g/mol. The van der Waals surface area contributed by atoms with Gasteiger partial charge in [-0.2, -0.15) is 0 Å². The summed E-state index contributed by atoms with van der Waals surface area (Å²) in [5, 5.41) is 3.70. The molecule has 2 aliphatic rings. The minimum atomic E-state index is 0.609. The Balaban J connectivity index is 1.62. The lowest BCUT2D eigenvalue weighted by Gasteiger charge is -2.35. The normalized spacial score (nSPS) is 30.5. The van der Waals surface area contributed by atoms with Gasteiger partial charge in [-0.1, -0.05) is 26.7 Å². The SMILES string of the molecule is CC1CCCC(Nc2ccc(N3CCCC3)nc2)C1C. The van der Waals surface area contributed by atoms with Crippen LogP contribution in [0.4, 0.5) is 11.5 Å². The van der Waals surface area contributed by atoms with Gasteiger partial charge in [0.05, 0.1) is 11.9 Å². The fourth-order valence-corrected chi connectivity index (χ4v) is 3.60. The largest absolute Gasteiger partial charge is 0.381 e. The number of rotatable bonds is 3. The first-order valence-electron chi connectivity index (χ1n) is 8.21. The molecule has 20 heavy (non-hydrogen) atoms. The molecular formula is C17H27N3. The number of hydrogen-bond acceptors (Lipinski definition) is 3. The molecule has 0 aromatic carbocycles. The van der Waals surface area contributed by atoms with E-state index in [9.17, 15) is 0 Å². The van der Waals surface area contributed by atoms with Crippen molar-refractivity contribution in [3.8, 4) is 0 Å². The second-order valence-corrected chi connectivity index (χ2v) is 6.62. The van der Waals surface area contributed by atoms with Gasteiger partial charge < -0.3 is 10.2 Å². The van der Waals surface area contributed by atoms with Crippen LogP contribution in [0.1, 0.15) is 46.0 Å². The van der Waals surface area contributed by atoms with Gasteiger partial charge in [0.15, 0.2) is 0 Å². The maximum Gasteiger partial charge on any atom is 0.128 e. The van der Waals surface area contributed by atoms with E-state index < -0.39 is 0 Å². The number of pyridine rings is 1. The Hall–Kier alpha value is -1.25. The first kappa shape index (κ1) is 13.7. The number of nitrogens with zero attached hydrogens (tertiary/aromatic N) is 2. The van der Waals surface area contributed by atoms with Gasteiger partial charge in [0, 0.05) is 19.1 Å². The maximum atomic E-state index is 4.63. The first-order chi connectivity index (χ1) is 9.74. The smallest absolute Gasteiger partial charge is 0.128 e. The van der Waals surface area contributed by atoms with E-state index >= 15 is 0 Å². The lowest BCUT2D eigenvalue weighted by Crippen LogP contribution is -2.35. The van der Waals surface area contributed by atoms with E-state index in [-0.39, 0.29) is 0 Å². The molecule has 1 saturated carbocycles. The fraction of sp³-hybridized carbons (Fsp3) is 0.706. The summed E-state index contributed by atoms with van der Waals surface area (Å²) in [7, 11) is 0. The molecule has 3 rings (SSSR count). The summed E-state index contributed by atoms with van der Waals surface area (Å²) in [5.74, 6) is 2.72. The van der Waals surface area contributed by atoms with Crippen molar-refractivity contribution in [2.24, 2.45) is 11.8 Å². The number of aromatic nitrogens is 1. The van der Waals surface area contributed by atoms with Crippen molar-refractivity contribution in [2.45, 2.75) is 52.0 Å². The molecular weight excluding hydrogens is 246 g/mol. The summed E-state index contributed by atoms with van der Waals surface area (Å²) in [6, 6.07) is 4.98. The highest BCUT2D eigenvalue weighted by molar-refractivity contribution is 5.49. The van der Waals surface area contributed by atoms with Crippen molar-refractivity contribution in [3.05, 3.63) is 18.3 Å². The van der Waals surface area contributed by atoms with Crippen LogP contribution in [0.3, 0.4) is 0 Å². The molecule has 3 unspecified atom stereocenters. The summed E-state index contributed by atoms with van der Waals surface area (Å²) in [4.78, 5) is 7.02. The summed E-state index contributed by atoms with van der Waals surface area (Å²) < 4.78 is 0. The van der Waals surface area contributed by atoms with E-state index in [2.05, 4.69) is 41.2 Å². The summed E-state index contributed by atoms with van der Waals surface area (Å²) >= 11 is 0. The van der Waals surface area contributed by atoms with Crippen LogP contribution < -0.4 is 10.2 Å². The van der Waals surface area contributed by atoms with Crippen molar-refractivity contribution in [1.82, 2.24) is 4.98 Å². The Morgan fingerprint density at radius 3 is 2.60 bits per heavy atom. The van der Waals surface area contributed by atoms with Crippen LogP contribution in [0.15, 0.2) is 18.3 Å². The molecule has 3 atom stereocenters. The number of anilines is 2. The molecule has 1 aliphatic heterocycles. The van der Waals surface area contributed by atoms with Crippen LogP contribution in [0.25, 0.3) is 0 Å². The lowest BCUT2D eigenvalue weighted by atomic mass is 9.78. The predicted octanol–water partition coefficient (Wildman–Crippen LogP) is 3.92. The minimum Gasteiger partial charge on any atom is -0.381 e. The topological polar surface area (TPSA) is 28.2 Å². The molecule has 1 aromatic rings. The second kappa shape index (κ2) is 6.02. The standard InChI is InChI=1S/C17H27N3/c1-13-6-5-7-16(14(13)2)19-15-8-9-17(18-12-15)20-10-3-4-11-20/h8-9,12-14,16,19H,3-7,10-11H2,1-2H3. The van der Waals surface area contributed by atoms with Crippen molar-refractivity contribution in [2.75, 3.05) is 23.3 Å². The van der Waals surface area contributed by atoms with E-state index in [1.165, 1.54) is 37.8 Å². The second-order valence-electron chi connectivity index (χ2n) is 6.62. The van der Waals surface area contributed by atoms with Crippen molar-refractivity contribution in [3.63, 3.8) is 0 Å². The van der Waals surface area contributed by atoms with E-state index in [0.717, 1.165) is 30.7 Å². The molecule has 1 saturated heterocycles. The predicted molar refractivity (Wildman–Crippen MR) is 85.3 cm³/mol. The van der Waals surface area contributed by atoms with Gasteiger partial charge in [0.25, 0.3) is 0 Å². The summed E-state index contributed by atoms with van der Waals surface area (Å²) in [6.45, 7) is 7.09. The zero-order valence-corrected chi connectivity index (χ0v) is 12.8. The van der Waals surface area contributed by atoms with Crippen LogP contribution >= 0.6 is 0 Å². The van der Waals surface area contributed by atoms with Gasteiger partial charge in [-0.25, -0.2) is 4.98 Å². The molecule has 0 radical (unpaired) electrons. The van der Waals surface area contributed by atoms with E-state index in [1.54, 1.807) is 0 Å². The molecule has 2 heterocycles. The third-order valence-electron chi connectivity index (χ3n) is 5.24. The summed E-state index contributed by atoms with van der Waals surface area (Å²) in [6.07, 6.45) is 8.64. The number of hydrogen-bond donors (Lipinski definition) is 1. The van der Waals surface area contributed by atoms with Gasteiger partial charge in [-0.3, -0.25) is 0 Å². The van der Waals surface area contributed by atoms with E-state index in [0.29, 0.717) is 6.04 Å². The average molecular weight is 273 g/mol. The molecule has 1 N–H and O–H groups in total. The molecule has 3 heteroatoms. The third kappa shape index (κ3) is 2.92. The quantitative estimate of drug-likeness (QED) is 0.904. The lowest BCUT2D eigenvalue weighted by molar-refractivity contribution is 0.253. The minimum absolute atomic E-state index is 0.609. The van der Waals surface area contributed by atoms with Gasteiger partial charge in [0.2, 0.25) is 0 Å². The van der Waals surface area contributed by atoms with Crippen LogP contribution in [0.2, 0.25) is 0 Å². The first-order valence-corrected chi connectivity index (χ1v) is 8.21. The van der Waals surface area contributed by atoms with Crippen LogP contribution in [0, 0.1) is 11.8 Å². The molecule has 2 fully saturated rings. The van der Waals surface area contributed by atoms with Gasteiger partial charge >= 0.3 is 0 Å². The average Bonchev–Trinajstić information content (AvgIpc) is 2.99. The van der Waals surface area contributed by atoms with Crippen molar-refractivity contribution >= 4 is 11.5 Å². The Morgan fingerprint density at radius 2 is 1.90 bits per heavy atom. The Morgan fingerprint density at radius 1 is 1.10 bits per heavy atom. The van der Waals surface area contributed by atoms with Crippen molar-refractivity contribution < 1.29 is 0 Å². The fourth-order valence-electron chi connectivity index (χ4n) is 3.60. The van der Waals surface area contributed by atoms with Crippen LogP contribution in [-0.2, 0) is 0 Å². The Labute approximate surface area is 122 Å². The summed E-state index contributed by atoms with van der Waals surface area (Å²) in [5.41, 5.74) is 1.18. The number of nitrogens with one attached hydrogen (secondary N) is 1. The molecule has 110 valence electrons. The van der Waals surface area contributed by atoms with Gasteiger partial charge in [0.1, 0.15) is 5.82 Å². The van der Waals surface area contributed by atoms with Gasteiger partial charge in [-0.05, 0) is 43.2 Å². The van der Waals surface area contributed by atoms with Crippen LogP contribution in [0.5, 0.6) is 0 Å². The molecule has 0 bridgehead atoms. The Kier molecular flexibility index (Phi) is 4.13. The molecule has 1 aromatic heterocycles. The Bertz CT molecular complexity index is 422. The maximum absolute atomic E-state index is 4.63. The van der Waals surface area contributed by atoms with Crippen LogP contribution in [-0.4, -0.2) is 24.1 Å². The molecule has 0 spiro atoms. The molecule has 1 aliphatic carbocycles. The highest BCUT2D eigenvalue weighted by Gasteiger charge is 2.26. The van der Waals surface area contributed by atoms with Gasteiger partial charge in [-0.15, -0.1) is 0 Å². The highest BCUT2D eigenvalue weighted by atomic mass is 15.2. The highest BCUT2D eigenvalue weighted by Crippen LogP contribution is 2.31. The van der Waals surface area contributed by atoms with E-state index in [1.807, 2.05) is 6.20 Å². The van der Waals surface area contributed by atoms with E-state index in [4.69, 9.17) is 0 Å². The zero-order chi connectivity index (χ0) is 13.9. The van der Waals surface area contributed by atoms with Crippen molar-refractivity contribution in [1.29, 1.82) is 0 Å².